The molecular weight excluding hydrogens is 192 g/mol. The fraction of sp³-hybridized carbons (Fsp3) is 0.909. The summed E-state index contributed by atoms with van der Waals surface area (Å²) in [6.45, 7) is 7.58. The van der Waals surface area contributed by atoms with Crippen LogP contribution in [0.25, 0.3) is 0 Å². The van der Waals surface area contributed by atoms with Crippen molar-refractivity contribution in [3.05, 3.63) is 0 Å². The summed E-state index contributed by atoms with van der Waals surface area (Å²) in [7, 11) is 0. The lowest BCUT2D eigenvalue weighted by Gasteiger charge is -2.34. The number of nitrogens with zero attached hydrogens (tertiary/aromatic N) is 1. The van der Waals surface area contributed by atoms with Gasteiger partial charge in [0.1, 0.15) is 0 Å². The van der Waals surface area contributed by atoms with Crippen LogP contribution in [0, 0.1) is 5.92 Å². The first-order chi connectivity index (χ1) is 7.15. The lowest BCUT2D eigenvalue weighted by atomic mass is 10.0. The van der Waals surface area contributed by atoms with Crippen LogP contribution in [-0.4, -0.2) is 48.2 Å². The Morgan fingerprint density at radius 1 is 1.67 bits per heavy atom. The van der Waals surface area contributed by atoms with Crippen molar-refractivity contribution < 1.29 is 9.90 Å². The van der Waals surface area contributed by atoms with E-state index in [0.29, 0.717) is 12.6 Å². The number of rotatable bonds is 5. The molecular formula is C11H22N2O2. The third kappa shape index (κ3) is 3.80. The molecule has 0 aromatic carbocycles. The van der Waals surface area contributed by atoms with Crippen molar-refractivity contribution in [3.8, 4) is 0 Å². The Labute approximate surface area is 91.6 Å². The predicted octanol–water partition coefficient (Wildman–Crippen LogP) is 0.781. The van der Waals surface area contributed by atoms with E-state index in [1.54, 1.807) is 6.92 Å². The van der Waals surface area contributed by atoms with Gasteiger partial charge < -0.3 is 10.4 Å². The maximum Gasteiger partial charge on any atom is 0.307 e. The second-order valence-electron chi connectivity index (χ2n) is 4.33. The molecule has 2 atom stereocenters. The predicted molar refractivity (Wildman–Crippen MR) is 59.9 cm³/mol. The molecule has 0 bridgehead atoms. The van der Waals surface area contributed by atoms with Gasteiger partial charge in [0.25, 0.3) is 0 Å². The van der Waals surface area contributed by atoms with Crippen LogP contribution in [0.5, 0.6) is 0 Å². The molecule has 0 radical (unpaired) electrons. The summed E-state index contributed by atoms with van der Waals surface area (Å²) < 4.78 is 0. The Morgan fingerprint density at radius 2 is 2.40 bits per heavy atom. The monoisotopic (exact) mass is 214 g/mol. The van der Waals surface area contributed by atoms with Crippen molar-refractivity contribution in [1.29, 1.82) is 0 Å². The average molecular weight is 214 g/mol. The zero-order valence-electron chi connectivity index (χ0n) is 9.70. The van der Waals surface area contributed by atoms with Gasteiger partial charge in [-0.1, -0.05) is 13.8 Å². The van der Waals surface area contributed by atoms with Crippen LogP contribution in [0.15, 0.2) is 0 Å². The first-order valence-corrected chi connectivity index (χ1v) is 5.82. The van der Waals surface area contributed by atoms with E-state index in [9.17, 15) is 4.79 Å². The summed E-state index contributed by atoms with van der Waals surface area (Å²) in [5, 5.41) is 12.2. The molecule has 1 heterocycles. The molecule has 1 saturated heterocycles. The molecule has 0 aliphatic carbocycles. The molecule has 0 saturated carbocycles. The normalized spacial score (nSPS) is 24.1. The number of piperidine rings is 1. The van der Waals surface area contributed by atoms with Crippen LogP contribution in [0.2, 0.25) is 0 Å². The van der Waals surface area contributed by atoms with Crippen LogP contribution in [0.1, 0.15) is 26.7 Å². The molecule has 0 amide bonds. The van der Waals surface area contributed by atoms with Crippen LogP contribution >= 0.6 is 0 Å². The van der Waals surface area contributed by atoms with E-state index >= 15 is 0 Å². The van der Waals surface area contributed by atoms with E-state index in [4.69, 9.17) is 5.11 Å². The van der Waals surface area contributed by atoms with Crippen LogP contribution in [0.4, 0.5) is 0 Å². The number of likely N-dealkylation sites (N-methyl/N-ethyl adjacent to an activating group) is 1. The van der Waals surface area contributed by atoms with Gasteiger partial charge in [0.2, 0.25) is 0 Å². The molecule has 1 aliphatic heterocycles. The van der Waals surface area contributed by atoms with Gasteiger partial charge in [-0.15, -0.1) is 0 Å². The summed E-state index contributed by atoms with van der Waals surface area (Å²) in [5.74, 6) is -0.968. The fourth-order valence-corrected chi connectivity index (χ4v) is 2.11. The minimum Gasteiger partial charge on any atom is -0.481 e. The van der Waals surface area contributed by atoms with Gasteiger partial charge in [-0.2, -0.15) is 0 Å². The molecule has 2 N–H and O–H groups in total. The highest BCUT2D eigenvalue weighted by molar-refractivity contribution is 5.69. The van der Waals surface area contributed by atoms with Crippen molar-refractivity contribution in [2.24, 2.45) is 5.92 Å². The van der Waals surface area contributed by atoms with E-state index < -0.39 is 5.97 Å². The molecule has 0 aromatic heterocycles. The van der Waals surface area contributed by atoms with Crippen molar-refractivity contribution in [3.63, 3.8) is 0 Å². The lowest BCUT2D eigenvalue weighted by Crippen LogP contribution is -2.48. The highest BCUT2D eigenvalue weighted by Gasteiger charge is 2.23. The molecule has 2 unspecified atom stereocenters. The van der Waals surface area contributed by atoms with Gasteiger partial charge in [-0.3, -0.25) is 9.69 Å². The average Bonchev–Trinajstić information content (AvgIpc) is 2.26. The number of hydrogen-bond acceptors (Lipinski definition) is 3. The van der Waals surface area contributed by atoms with E-state index in [2.05, 4.69) is 17.1 Å². The Hall–Kier alpha value is -0.610. The highest BCUT2D eigenvalue weighted by Crippen LogP contribution is 2.12. The van der Waals surface area contributed by atoms with Crippen molar-refractivity contribution in [2.45, 2.75) is 32.7 Å². The molecule has 15 heavy (non-hydrogen) atoms. The van der Waals surface area contributed by atoms with E-state index in [1.807, 2.05) is 0 Å². The minimum absolute atomic E-state index is 0.271. The third-order valence-corrected chi connectivity index (χ3v) is 3.12. The zero-order valence-corrected chi connectivity index (χ0v) is 9.70. The summed E-state index contributed by atoms with van der Waals surface area (Å²) in [6, 6.07) is 0.519. The summed E-state index contributed by atoms with van der Waals surface area (Å²) in [6.07, 6.45) is 2.38. The molecule has 88 valence electrons. The Bertz CT molecular complexity index is 203. The Kier molecular flexibility index (Phi) is 5.05. The van der Waals surface area contributed by atoms with Crippen LogP contribution in [-0.2, 0) is 4.79 Å². The van der Waals surface area contributed by atoms with Gasteiger partial charge in [0.15, 0.2) is 0 Å². The number of carbonyl (C=O) groups is 1. The van der Waals surface area contributed by atoms with Crippen molar-refractivity contribution in [2.75, 3.05) is 26.2 Å². The zero-order chi connectivity index (χ0) is 11.3. The third-order valence-electron chi connectivity index (χ3n) is 3.12. The molecule has 0 spiro atoms. The van der Waals surface area contributed by atoms with Gasteiger partial charge in [-0.25, -0.2) is 0 Å². The first-order valence-electron chi connectivity index (χ1n) is 5.82. The van der Waals surface area contributed by atoms with Gasteiger partial charge in [0, 0.05) is 19.1 Å². The fourth-order valence-electron chi connectivity index (χ4n) is 2.11. The standard InChI is InChI=1S/C11H22N2O2/c1-3-13(8-9(2)11(14)15)10-5-4-6-12-7-10/h9-10,12H,3-8H2,1-2H3,(H,14,15). The molecule has 0 aromatic rings. The lowest BCUT2D eigenvalue weighted by molar-refractivity contribution is -0.141. The van der Waals surface area contributed by atoms with Crippen molar-refractivity contribution in [1.82, 2.24) is 10.2 Å². The van der Waals surface area contributed by atoms with Gasteiger partial charge in [-0.05, 0) is 25.9 Å². The number of nitrogens with one attached hydrogen (secondary N) is 1. The summed E-state index contributed by atoms with van der Waals surface area (Å²) >= 11 is 0. The van der Waals surface area contributed by atoms with Crippen LogP contribution in [0.3, 0.4) is 0 Å². The quantitative estimate of drug-likeness (QED) is 0.710. The Morgan fingerprint density at radius 3 is 2.87 bits per heavy atom. The van der Waals surface area contributed by atoms with Crippen LogP contribution < -0.4 is 5.32 Å². The smallest absolute Gasteiger partial charge is 0.307 e. The van der Waals surface area contributed by atoms with Gasteiger partial charge in [0.05, 0.1) is 5.92 Å². The SMILES string of the molecule is CCN(CC(C)C(=O)O)C1CCCNC1. The summed E-state index contributed by atoms with van der Waals surface area (Å²) in [4.78, 5) is 13.1. The van der Waals surface area contributed by atoms with E-state index in [-0.39, 0.29) is 5.92 Å². The van der Waals surface area contributed by atoms with Gasteiger partial charge >= 0.3 is 5.97 Å². The molecule has 1 aliphatic rings. The molecule has 4 nitrogen and oxygen atoms in total. The largest absolute Gasteiger partial charge is 0.481 e. The molecule has 1 fully saturated rings. The van der Waals surface area contributed by atoms with E-state index in [0.717, 1.165) is 19.6 Å². The second-order valence-corrected chi connectivity index (χ2v) is 4.33. The minimum atomic E-state index is -0.697. The molecule has 1 rings (SSSR count). The number of hydrogen-bond donors (Lipinski definition) is 2. The number of aliphatic carboxylic acids is 1. The molecule has 4 heteroatoms. The summed E-state index contributed by atoms with van der Waals surface area (Å²) in [5.41, 5.74) is 0. The van der Waals surface area contributed by atoms with Crippen molar-refractivity contribution >= 4 is 5.97 Å². The maximum absolute atomic E-state index is 10.8. The number of carboxylic acid groups (broad SMARTS) is 1. The first kappa shape index (κ1) is 12.5. The second kappa shape index (κ2) is 6.08. The maximum atomic E-state index is 10.8. The topological polar surface area (TPSA) is 52.6 Å². The van der Waals surface area contributed by atoms with E-state index in [1.165, 1.54) is 12.8 Å². The number of carboxylic acids is 1. The Balaban J connectivity index is 2.43. The highest BCUT2D eigenvalue weighted by atomic mass is 16.4.